The third kappa shape index (κ3) is 3.19. The van der Waals surface area contributed by atoms with E-state index in [1.54, 1.807) is 7.11 Å². The summed E-state index contributed by atoms with van der Waals surface area (Å²) in [5.74, 6) is 2.04. The van der Waals surface area contributed by atoms with Gasteiger partial charge < -0.3 is 19.8 Å². The van der Waals surface area contributed by atoms with Crippen LogP contribution in [0.15, 0.2) is 48.5 Å². The Morgan fingerprint density at radius 1 is 1.00 bits per heavy atom. The van der Waals surface area contributed by atoms with Crippen molar-refractivity contribution in [1.82, 2.24) is 14.5 Å². The number of nitrogens with zero attached hydrogens (tertiary/aromatic N) is 3. The molecule has 0 fully saturated rings. The van der Waals surface area contributed by atoms with Crippen LogP contribution in [0.5, 0.6) is 5.75 Å². The normalized spacial score (nSPS) is 11.3. The first-order chi connectivity index (χ1) is 13.2. The molecule has 6 heteroatoms. The van der Waals surface area contributed by atoms with Crippen LogP contribution in [-0.2, 0) is 24.8 Å². The molecule has 0 bridgehead atoms. The van der Waals surface area contributed by atoms with Gasteiger partial charge in [-0.15, -0.1) is 0 Å². The van der Waals surface area contributed by atoms with Crippen molar-refractivity contribution in [3.8, 4) is 5.75 Å². The number of pyridine rings is 1. The van der Waals surface area contributed by atoms with E-state index in [-0.39, 0.29) is 0 Å². The van der Waals surface area contributed by atoms with Gasteiger partial charge in [0, 0.05) is 26.0 Å². The molecule has 0 atom stereocenters. The first-order valence-corrected chi connectivity index (χ1v) is 8.88. The highest BCUT2D eigenvalue weighted by atomic mass is 16.5. The highest BCUT2D eigenvalue weighted by Crippen LogP contribution is 2.33. The van der Waals surface area contributed by atoms with E-state index in [0.29, 0.717) is 31.2 Å². The minimum absolute atomic E-state index is 0.410. The maximum atomic E-state index is 6.24. The van der Waals surface area contributed by atoms with Crippen LogP contribution in [-0.4, -0.2) is 28.3 Å². The van der Waals surface area contributed by atoms with Crippen molar-refractivity contribution in [2.45, 2.75) is 13.0 Å². The first-order valence-electron chi connectivity index (χ1n) is 8.88. The Labute approximate surface area is 157 Å². The number of hydrogen-bond acceptors (Lipinski definition) is 5. The number of methoxy groups -OCH3 is 1. The van der Waals surface area contributed by atoms with E-state index < -0.39 is 0 Å². The Morgan fingerprint density at radius 3 is 2.59 bits per heavy atom. The van der Waals surface area contributed by atoms with E-state index in [1.807, 2.05) is 55.6 Å². The molecule has 27 heavy (non-hydrogen) atoms. The van der Waals surface area contributed by atoms with Gasteiger partial charge in [-0.2, -0.15) is 0 Å². The summed E-state index contributed by atoms with van der Waals surface area (Å²) in [7, 11) is 3.68. The average molecular weight is 362 g/mol. The molecule has 2 aromatic heterocycles. The molecule has 2 N–H and O–H groups in total. The topological polar surface area (TPSA) is 75.2 Å². The molecule has 0 unspecified atom stereocenters. The molecule has 0 radical (unpaired) electrons. The molecule has 6 nitrogen and oxygen atoms in total. The SMILES string of the molecule is COCCc1nc2c(N)nc3c(OCc4ccccc4)cccc3c2n1C. The van der Waals surface area contributed by atoms with E-state index in [4.69, 9.17) is 15.2 Å². The Hall–Kier alpha value is -3.12. The molecule has 0 saturated carbocycles. The number of hydrogen-bond donors (Lipinski definition) is 1. The number of para-hydroxylation sites is 1. The highest BCUT2D eigenvalue weighted by molar-refractivity contribution is 6.08. The van der Waals surface area contributed by atoms with Crippen molar-refractivity contribution in [2.75, 3.05) is 19.5 Å². The minimum Gasteiger partial charge on any atom is -0.487 e. The van der Waals surface area contributed by atoms with Gasteiger partial charge in [0.1, 0.15) is 29.2 Å². The number of imidazole rings is 1. The van der Waals surface area contributed by atoms with Crippen LogP contribution in [0.1, 0.15) is 11.4 Å². The second kappa shape index (κ2) is 7.25. The van der Waals surface area contributed by atoms with Crippen LogP contribution in [0.3, 0.4) is 0 Å². The quantitative estimate of drug-likeness (QED) is 0.568. The standard InChI is InChI=1S/C21H22N4O2/c1-25-17(11-12-26-2)23-19-20(25)15-9-6-10-16(18(15)24-21(19)22)27-13-14-7-4-3-5-8-14/h3-10H,11-13H2,1-2H3,(H2,22,24). The van der Waals surface area contributed by atoms with Crippen molar-refractivity contribution in [3.63, 3.8) is 0 Å². The summed E-state index contributed by atoms with van der Waals surface area (Å²) >= 11 is 0. The van der Waals surface area contributed by atoms with E-state index in [0.717, 1.165) is 33.3 Å². The number of aryl methyl sites for hydroxylation is 1. The summed E-state index contributed by atoms with van der Waals surface area (Å²) in [4.78, 5) is 9.27. The average Bonchev–Trinajstić information content (AvgIpc) is 3.03. The van der Waals surface area contributed by atoms with Gasteiger partial charge >= 0.3 is 0 Å². The Balaban J connectivity index is 1.80. The molecule has 0 amide bonds. The lowest BCUT2D eigenvalue weighted by Crippen LogP contribution is -2.02. The predicted octanol–water partition coefficient (Wildman–Crippen LogP) is 3.47. The van der Waals surface area contributed by atoms with E-state index in [1.165, 1.54) is 0 Å². The summed E-state index contributed by atoms with van der Waals surface area (Å²) in [6.45, 7) is 1.08. The zero-order valence-electron chi connectivity index (χ0n) is 15.5. The zero-order chi connectivity index (χ0) is 18.8. The molecule has 2 heterocycles. The highest BCUT2D eigenvalue weighted by Gasteiger charge is 2.17. The molecule has 0 aliphatic heterocycles. The lowest BCUT2D eigenvalue weighted by Gasteiger charge is -2.11. The van der Waals surface area contributed by atoms with Crippen LogP contribution < -0.4 is 10.5 Å². The second-order valence-corrected chi connectivity index (χ2v) is 6.45. The summed E-state index contributed by atoms with van der Waals surface area (Å²) in [5.41, 5.74) is 9.77. The lowest BCUT2D eigenvalue weighted by molar-refractivity contribution is 0.200. The second-order valence-electron chi connectivity index (χ2n) is 6.45. The van der Waals surface area contributed by atoms with Gasteiger partial charge in [0.2, 0.25) is 0 Å². The molecule has 0 spiro atoms. The van der Waals surface area contributed by atoms with Gasteiger partial charge in [-0.3, -0.25) is 0 Å². The number of nitrogen functional groups attached to an aromatic ring is 1. The fourth-order valence-electron chi connectivity index (χ4n) is 3.30. The number of ether oxygens (including phenoxy) is 2. The smallest absolute Gasteiger partial charge is 0.152 e. The minimum atomic E-state index is 0.410. The van der Waals surface area contributed by atoms with Gasteiger partial charge in [-0.25, -0.2) is 9.97 Å². The van der Waals surface area contributed by atoms with Crippen LogP contribution >= 0.6 is 0 Å². The number of anilines is 1. The van der Waals surface area contributed by atoms with Crippen molar-refractivity contribution in [3.05, 3.63) is 59.9 Å². The fraction of sp³-hybridized carbons (Fsp3) is 0.238. The van der Waals surface area contributed by atoms with Crippen LogP contribution in [0.2, 0.25) is 0 Å². The Morgan fingerprint density at radius 2 is 1.81 bits per heavy atom. The molecule has 0 saturated heterocycles. The molecule has 4 rings (SSSR count). The van der Waals surface area contributed by atoms with Gasteiger partial charge in [0.25, 0.3) is 0 Å². The number of rotatable bonds is 6. The summed E-state index contributed by atoms with van der Waals surface area (Å²) in [5, 5.41) is 0.975. The molecular weight excluding hydrogens is 340 g/mol. The van der Waals surface area contributed by atoms with Crippen molar-refractivity contribution >= 4 is 27.8 Å². The molecule has 4 aromatic rings. The predicted molar refractivity (Wildman–Crippen MR) is 107 cm³/mol. The van der Waals surface area contributed by atoms with Crippen LogP contribution in [0.25, 0.3) is 21.9 Å². The third-order valence-electron chi connectivity index (χ3n) is 4.68. The van der Waals surface area contributed by atoms with Gasteiger partial charge in [-0.05, 0) is 11.6 Å². The van der Waals surface area contributed by atoms with Crippen LogP contribution in [0.4, 0.5) is 5.82 Å². The maximum Gasteiger partial charge on any atom is 0.152 e. The molecular formula is C21H22N4O2. The molecule has 0 aliphatic rings. The van der Waals surface area contributed by atoms with Gasteiger partial charge in [0.15, 0.2) is 5.82 Å². The van der Waals surface area contributed by atoms with Crippen molar-refractivity contribution < 1.29 is 9.47 Å². The Bertz CT molecular complexity index is 1090. The summed E-state index contributed by atoms with van der Waals surface area (Å²) in [6.07, 6.45) is 0.715. The molecule has 2 aromatic carbocycles. The number of fused-ring (bicyclic) bond motifs is 3. The monoisotopic (exact) mass is 362 g/mol. The van der Waals surface area contributed by atoms with Crippen molar-refractivity contribution in [1.29, 1.82) is 0 Å². The Kier molecular flexibility index (Phi) is 4.64. The molecule has 0 aliphatic carbocycles. The third-order valence-corrected chi connectivity index (χ3v) is 4.68. The number of benzene rings is 2. The first kappa shape index (κ1) is 17.3. The zero-order valence-corrected chi connectivity index (χ0v) is 15.5. The van der Waals surface area contributed by atoms with E-state index in [9.17, 15) is 0 Å². The van der Waals surface area contributed by atoms with Gasteiger partial charge in [-0.1, -0.05) is 42.5 Å². The number of aromatic nitrogens is 3. The largest absolute Gasteiger partial charge is 0.487 e. The maximum absolute atomic E-state index is 6.24. The molecule has 138 valence electrons. The van der Waals surface area contributed by atoms with Crippen LogP contribution in [0, 0.1) is 0 Å². The van der Waals surface area contributed by atoms with Crippen molar-refractivity contribution in [2.24, 2.45) is 7.05 Å². The van der Waals surface area contributed by atoms with Gasteiger partial charge in [0.05, 0.1) is 12.1 Å². The summed E-state index contributed by atoms with van der Waals surface area (Å²) in [6, 6.07) is 16.0. The number of nitrogens with two attached hydrogens (primary N) is 1. The lowest BCUT2D eigenvalue weighted by atomic mass is 10.1. The fourth-order valence-corrected chi connectivity index (χ4v) is 3.30. The van der Waals surface area contributed by atoms with E-state index in [2.05, 4.69) is 14.5 Å². The summed E-state index contributed by atoms with van der Waals surface area (Å²) < 4.78 is 13.3. The van der Waals surface area contributed by atoms with E-state index >= 15 is 0 Å².